The van der Waals surface area contributed by atoms with Gasteiger partial charge in [0.15, 0.2) is 0 Å². The summed E-state index contributed by atoms with van der Waals surface area (Å²) in [5.41, 5.74) is 1.28. The average Bonchev–Trinajstić information content (AvgIpc) is 3.24. The Hall–Kier alpha value is -2.23. The number of hydrogen-bond donors (Lipinski definition) is 1. The van der Waals surface area contributed by atoms with E-state index in [1.165, 1.54) is 4.31 Å². The van der Waals surface area contributed by atoms with E-state index < -0.39 is 16.0 Å². The van der Waals surface area contributed by atoms with Crippen LogP contribution in [-0.2, 0) is 14.8 Å². The Morgan fingerprint density at radius 3 is 2.44 bits per heavy atom. The lowest BCUT2D eigenvalue weighted by Crippen LogP contribution is -2.61. The van der Waals surface area contributed by atoms with E-state index in [4.69, 9.17) is 0 Å². The molecule has 1 unspecified atom stereocenters. The molecule has 1 N–H and O–H groups in total. The summed E-state index contributed by atoms with van der Waals surface area (Å²) < 4.78 is 27.4. The van der Waals surface area contributed by atoms with Gasteiger partial charge in [0.25, 0.3) is 0 Å². The number of rotatable bonds is 7. The van der Waals surface area contributed by atoms with Gasteiger partial charge in [0.2, 0.25) is 15.9 Å². The summed E-state index contributed by atoms with van der Waals surface area (Å²) in [5.74, 6) is -1.35. The lowest BCUT2D eigenvalue weighted by molar-refractivity contribution is -0.121. The van der Waals surface area contributed by atoms with E-state index in [2.05, 4.69) is 0 Å². The molecule has 0 radical (unpaired) electrons. The number of aromatic carboxylic acids is 1. The van der Waals surface area contributed by atoms with Gasteiger partial charge < -0.3 is 10.0 Å². The van der Waals surface area contributed by atoms with Crippen LogP contribution in [0.4, 0.5) is 5.69 Å². The number of amides is 1. The fourth-order valence-electron chi connectivity index (χ4n) is 5.16. The monoisotopic (exact) mass is 504 g/mol. The maximum absolute atomic E-state index is 13.5. The van der Waals surface area contributed by atoms with Crippen molar-refractivity contribution in [3.05, 3.63) is 41.3 Å². The molecule has 1 aromatic carbocycles. The fraction of sp³-hybridized carbons (Fsp3) is 0.520. The van der Waals surface area contributed by atoms with Crippen LogP contribution in [0.25, 0.3) is 10.4 Å². The fourth-order valence-corrected chi connectivity index (χ4v) is 7.89. The molecule has 1 saturated heterocycles. The van der Waals surface area contributed by atoms with Crippen LogP contribution in [0.1, 0.15) is 55.6 Å². The maximum Gasteiger partial charge on any atom is 0.348 e. The number of nitrogens with zero attached hydrogens (tertiary/aromatic N) is 2. The van der Waals surface area contributed by atoms with Crippen molar-refractivity contribution in [3.8, 4) is 10.4 Å². The molecule has 7 nitrogen and oxygen atoms in total. The van der Waals surface area contributed by atoms with Crippen LogP contribution >= 0.6 is 11.3 Å². The normalized spacial score (nSPS) is 20.7. The van der Waals surface area contributed by atoms with Crippen LogP contribution in [0.5, 0.6) is 0 Å². The zero-order valence-electron chi connectivity index (χ0n) is 19.6. The molecule has 1 atom stereocenters. The minimum absolute atomic E-state index is 0.00531. The molecular formula is C25H32N2O5S2. The average molecular weight is 505 g/mol. The molecular weight excluding hydrogens is 472 g/mol. The first-order valence-corrected chi connectivity index (χ1v) is 14.3. The van der Waals surface area contributed by atoms with Gasteiger partial charge in [-0.25, -0.2) is 13.2 Å². The van der Waals surface area contributed by atoms with Gasteiger partial charge in [-0.2, -0.15) is 4.31 Å². The zero-order valence-corrected chi connectivity index (χ0v) is 21.3. The van der Waals surface area contributed by atoms with Gasteiger partial charge in [-0.15, -0.1) is 11.3 Å². The van der Waals surface area contributed by atoms with Crippen molar-refractivity contribution < 1.29 is 23.1 Å². The molecule has 1 aliphatic carbocycles. The quantitative estimate of drug-likeness (QED) is 0.590. The molecule has 1 aromatic heterocycles. The summed E-state index contributed by atoms with van der Waals surface area (Å²) >= 11 is 1.15. The van der Waals surface area contributed by atoms with E-state index in [-0.39, 0.29) is 47.5 Å². The maximum atomic E-state index is 13.5. The predicted octanol–water partition coefficient (Wildman–Crippen LogP) is 4.70. The lowest BCUT2D eigenvalue weighted by atomic mass is 9.82. The molecule has 0 spiro atoms. The molecule has 0 bridgehead atoms. The first kappa shape index (κ1) is 24.9. The third-order valence-corrected chi connectivity index (χ3v) is 9.97. The smallest absolute Gasteiger partial charge is 0.348 e. The number of benzene rings is 1. The Balaban J connectivity index is 1.76. The Morgan fingerprint density at radius 2 is 1.82 bits per heavy atom. The van der Waals surface area contributed by atoms with Gasteiger partial charge in [-0.3, -0.25) is 4.79 Å². The van der Waals surface area contributed by atoms with E-state index in [9.17, 15) is 23.1 Å². The van der Waals surface area contributed by atoms with Crippen molar-refractivity contribution >= 4 is 38.9 Å². The molecule has 1 saturated carbocycles. The molecule has 1 aliphatic heterocycles. The van der Waals surface area contributed by atoms with E-state index >= 15 is 0 Å². The van der Waals surface area contributed by atoms with E-state index in [1.54, 1.807) is 11.0 Å². The van der Waals surface area contributed by atoms with Gasteiger partial charge in [0, 0.05) is 11.4 Å². The molecule has 9 heteroatoms. The van der Waals surface area contributed by atoms with Crippen molar-refractivity contribution in [1.82, 2.24) is 4.31 Å². The molecule has 2 aliphatic rings. The predicted molar refractivity (Wildman–Crippen MR) is 135 cm³/mol. The largest absolute Gasteiger partial charge is 0.477 e. The molecule has 1 amide bonds. The van der Waals surface area contributed by atoms with Crippen LogP contribution in [0, 0.1) is 11.8 Å². The summed E-state index contributed by atoms with van der Waals surface area (Å²) in [6.07, 6.45) is 5.01. The Labute approximate surface area is 205 Å². The van der Waals surface area contributed by atoms with Crippen LogP contribution in [0.3, 0.4) is 0 Å². The number of carboxylic acids is 1. The number of carboxylic acid groups (broad SMARTS) is 1. The first-order valence-electron chi connectivity index (χ1n) is 11.9. The van der Waals surface area contributed by atoms with Crippen LogP contribution in [0.2, 0.25) is 0 Å². The minimum atomic E-state index is -3.58. The summed E-state index contributed by atoms with van der Waals surface area (Å²) in [5, 5.41) is 9.99. The van der Waals surface area contributed by atoms with Crippen molar-refractivity contribution in [2.24, 2.45) is 11.8 Å². The Kier molecular flexibility index (Phi) is 7.45. The number of sulfonamides is 1. The first-order chi connectivity index (χ1) is 16.2. The number of anilines is 1. The van der Waals surface area contributed by atoms with E-state index in [0.29, 0.717) is 5.69 Å². The van der Waals surface area contributed by atoms with Crippen LogP contribution in [0.15, 0.2) is 36.4 Å². The summed E-state index contributed by atoms with van der Waals surface area (Å²) in [6.45, 7) is 3.66. The lowest BCUT2D eigenvalue weighted by Gasteiger charge is -2.45. The highest BCUT2D eigenvalue weighted by molar-refractivity contribution is 7.89. The van der Waals surface area contributed by atoms with Crippen LogP contribution in [-0.4, -0.2) is 54.6 Å². The second-order valence-corrected chi connectivity index (χ2v) is 12.8. The molecule has 34 heavy (non-hydrogen) atoms. The van der Waals surface area contributed by atoms with Gasteiger partial charge in [-0.05, 0) is 36.3 Å². The van der Waals surface area contributed by atoms with Gasteiger partial charge in [0.05, 0.1) is 24.0 Å². The number of hydrogen-bond acceptors (Lipinski definition) is 5. The SMILES string of the molecule is CC(C)CS(=O)(=O)N1CC(=O)N(c2cc(-c3ccccc3)sc2C(=O)O)C(C2CCCCC2)C1. The molecule has 4 rings (SSSR count). The highest BCUT2D eigenvalue weighted by Crippen LogP contribution is 2.41. The number of carbonyl (C=O) groups excluding carboxylic acids is 1. The van der Waals surface area contributed by atoms with Crippen molar-refractivity contribution in [1.29, 1.82) is 0 Å². The molecule has 2 aromatic rings. The number of thiophene rings is 1. The van der Waals surface area contributed by atoms with E-state index in [0.717, 1.165) is 53.9 Å². The van der Waals surface area contributed by atoms with Crippen molar-refractivity contribution in [2.75, 3.05) is 23.7 Å². The Morgan fingerprint density at radius 1 is 1.15 bits per heavy atom. The molecule has 2 heterocycles. The number of carbonyl (C=O) groups is 2. The number of piperazine rings is 1. The summed E-state index contributed by atoms with van der Waals surface area (Å²) in [7, 11) is -3.58. The van der Waals surface area contributed by atoms with Gasteiger partial charge in [-0.1, -0.05) is 63.4 Å². The standard InChI is InChI=1S/C25H32N2O5S2/c1-17(2)16-34(31,32)26-14-21(18-9-5-3-6-10-18)27(23(28)15-26)20-13-22(33-24(20)25(29)30)19-11-7-4-8-12-19/h4,7-8,11-13,17-18,21H,3,5-6,9-10,14-16H2,1-2H3,(H,29,30). The van der Waals surface area contributed by atoms with Crippen molar-refractivity contribution in [2.45, 2.75) is 52.0 Å². The highest BCUT2D eigenvalue weighted by Gasteiger charge is 2.43. The molecule has 2 fully saturated rings. The topological polar surface area (TPSA) is 95.0 Å². The third kappa shape index (κ3) is 5.21. The van der Waals surface area contributed by atoms with Gasteiger partial charge in [0.1, 0.15) is 4.88 Å². The third-order valence-electron chi connectivity index (χ3n) is 6.66. The highest BCUT2D eigenvalue weighted by atomic mass is 32.2. The van der Waals surface area contributed by atoms with E-state index in [1.807, 2.05) is 44.2 Å². The summed E-state index contributed by atoms with van der Waals surface area (Å²) in [4.78, 5) is 28.3. The second-order valence-electron chi connectivity index (χ2n) is 9.69. The summed E-state index contributed by atoms with van der Waals surface area (Å²) in [6, 6.07) is 10.9. The zero-order chi connectivity index (χ0) is 24.5. The minimum Gasteiger partial charge on any atom is -0.477 e. The van der Waals surface area contributed by atoms with Crippen molar-refractivity contribution in [3.63, 3.8) is 0 Å². The van der Waals surface area contributed by atoms with Gasteiger partial charge >= 0.3 is 5.97 Å². The second kappa shape index (κ2) is 10.2. The van der Waals surface area contributed by atoms with Crippen LogP contribution < -0.4 is 4.90 Å². The molecule has 184 valence electrons. The Bertz CT molecular complexity index is 1140.